The van der Waals surface area contributed by atoms with Crippen LogP contribution in [0.15, 0.2) is 158 Å². The van der Waals surface area contributed by atoms with Crippen LogP contribution < -0.4 is 0 Å². The van der Waals surface area contributed by atoms with E-state index in [1.54, 1.807) is 0 Å². The van der Waals surface area contributed by atoms with Gasteiger partial charge in [0.2, 0.25) is 0 Å². The van der Waals surface area contributed by atoms with Gasteiger partial charge in [-0.05, 0) is 141 Å². The molecule has 0 radical (unpaired) electrons. The fourth-order valence-electron chi connectivity index (χ4n) is 10.3. The Kier molecular flexibility index (Phi) is 73.2. The van der Waals surface area contributed by atoms with Gasteiger partial charge in [0.15, 0.2) is 6.10 Å². The van der Waals surface area contributed by atoms with Gasteiger partial charge < -0.3 is 34.2 Å². The average Bonchev–Trinajstić information content (AvgIpc) is 0.915. The smallest absolute Gasteiger partial charge is 0.463 e. The summed E-state index contributed by atoms with van der Waals surface area (Å²) in [5.74, 6) is -1.63. The van der Waals surface area contributed by atoms with Crippen LogP contribution in [0.1, 0.15) is 303 Å². The van der Waals surface area contributed by atoms with Gasteiger partial charge >= 0.3 is 33.6 Å². The SMILES string of the molecule is CC/C=C\C/C=C\C/C=C\C/C=C\C/C=C\CCCCCCCCCCCCCCCCCC(=O)OCC(O)COP(=O)(O)OCC(O)COP(=O)(O)OCC(COC(=O)CCCCC/C=C\C/C=C\C/C=C\C/C=C\C/C=C\CC)OC(=O)CCCCCCCCC/C=C\C/C=C\C/C=C\CC. The minimum Gasteiger partial charge on any atom is -0.463 e. The Hall–Kier alpha value is -4.83. The molecule has 0 aromatic rings. The normalized spacial score (nSPS) is 14.8. The van der Waals surface area contributed by atoms with Crippen LogP contribution in [0, 0.1) is 0 Å². The van der Waals surface area contributed by atoms with Gasteiger partial charge in [-0.1, -0.05) is 301 Å². The van der Waals surface area contributed by atoms with E-state index in [4.69, 9.17) is 32.3 Å². The van der Waals surface area contributed by atoms with Crippen LogP contribution in [-0.4, -0.2) is 95.9 Å². The topological polar surface area (TPSA) is 231 Å². The van der Waals surface area contributed by atoms with Crippen molar-refractivity contribution in [1.29, 1.82) is 0 Å². The predicted molar refractivity (Wildman–Crippen MR) is 426 cm³/mol. The molecular weight excluding hydrogens is 1340 g/mol. The van der Waals surface area contributed by atoms with E-state index in [0.717, 1.165) is 167 Å². The molecule has 0 saturated heterocycles. The second-order valence-electron chi connectivity index (χ2n) is 26.1. The first kappa shape index (κ1) is 98.2. The summed E-state index contributed by atoms with van der Waals surface area (Å²) in [5, 5.41) is 20.6. The maximum absolute atomic E-state index is 13.0. The molecule has 0 heterocycles. The zero-order chi connectivity index (χ0) is 75.2. The van der Waals surface area contributed by atoms with Crippen molar-refractivity contribution >= 4 is 33.6 Å². The summed E-state index contributed by atoms with van der Waals surface area (Å²) in [6.07, 6.45) is 95.8. The lowest BCUT2D eigenvalue weighted by Crippen LogP contribution is -2.30. The number of allylic oxidation sites excluding steroid dienone is 26. The third-order valence-corrected chi connectivity index (χ3v) is 18.1. The summed E-state index contributed by atoms with van der Waals surface area (Å²) in [6.45, 7) is 2.29. The van der Waals surface area contributed by atoms with E-state index in [1.807, 2.05) is 0 Å². The number of hydrogen-bond donors (Lipinski definition) is 4. The van der Waals surface area contributed by atoms with E-state index in [1.165, 1.54) is 77.0 Å². The summed E-state index contributed by atoms with van der Waals surface area (Å²) in [5.41, 5.74) is 0. The van der Waals surface area contributed by atoms with Crippen LogP contribution in [0.25, 0.3) is 0 Å². The minimum absolute atomic E-state index is 0.0812. The molecule has 588 valence electrons. The Morgan fingerprint density at radius 1 is 0.272 bits per heavy atom. The molecule has 5 atom stereocenters. The van der Waals surface area contributed by atoms with Gasteiger partial charge in [0.05, 0.1) is 26.4 Å². The first-order chi connectivity index (χ1) is 50.2. The highest BCUT2D eigenvalue weighted by Gasteiger charge is 2.29. The Bertz CT molecular complexity index is 2500. The van der Waals surface area contributed by atoms with Gasteiger partial charge in [-0.2, -0.15) is 0 Å². The number of aliphatic hydroxyl groups excluding tert-OH is 2. The zero-order valence-electron chi connectivity index (χ0n) is 64.2. The summed E-state index contributed by atoms with van der Waals surface area (Å²) >= 11 is 0. The third-order valence-electron chi connectivity index (χ3n) is 16.2. The molecule has 0 fully saturated rings. The molecule has 0 rings (SSSR count). The van der Waals surface area contributed by atoms with Gasteiger partial charge in [0.1, 0.15) is 25.4 Å². The van der Waals surface area contributed by atoms with E-state index in [9.17, 15) is 43.5 Å². The van der Waals surface area contributed by atoms with E-state index in [0.29, 0.717) is 19.3 Å². The van der Waals surface area contributed by atoms with Gasteiger partial charge in [-0.15, -0.1) is 0 Å². The van der Waals surface area contributed by atoms with Crippen LogP contribution in [0.3, 0.4) is 0 Å². The molecule has 0 bridgehead atoms. The number of ether oxygens (including phenoxy) is 3. The monoisotopic (exact) mass is 1480 g/mol. The molecule has 5 unspecified atom stereocenters. The van der Waals surface area contributed by atoms with E-state index in [2.05, 4.69) is 179 Å². The number of carbonyl (C=O) groups is 3. The first-order valence-electron chi connectivity index (χ1n) is 39.8. The zero-order valence-corrected chi connectivity index (χ0v) is 66.0. The van der Waals surface area contributed by atoms with E-state index >= 15 is 0 Å². The number of esters is 3. The second kappa shape index (κ2) is 76.8. The van der Waals surface area contributed by atoms with Crippen molar-refractivity contribution in [1.82, 2.24) is 0 Å². The largest absolute Gasteiger partial charge is 0.472 e. The fourth-order valence-corrected chi connectivity index (χ4v) is 11.9. The minimum atomic E-state index is -4.95. The van der Waals surface area contributed by atoms with Crippen LogP contribution in [0.4, 0.5) is 0 Å². The van der Waals surface area contributed by atoms with Crippen molar-refractivity contribution in [2.24, 2.45) is 0 Å². The van der Waals surface area contributed by atoms with Gasteiger partial charge in [0, 0.05) is 19.3 Å². The van der Waals surface area contributed by atoms with E-state index in [-0.39, 0.29) is 19.3 Å². The molecule has 16 nitrogen and oxygen atoms in total. The lowest BCUT2D eigenvalue weighted by Gasteiger charge is -2.21. The predicted octanol–water partition coefficient (Wildman–Crippen LogP) is 23.4. The van der Waals surface area contributed by atoms with Gasteiger partial charge in [-0.25, -0.2) is 9.13 Å². The highest BCUT2D eigenvalue weighted by Crippen LogP contribution is 2.45. The molecule has 0 aliphatic rings. The number of rotatable bonds is 74. The summed E-state index contributed by atoms with van der Waals surface area (Å²) < 4.78 is 61.1. The number of phosphoric ester groups is 2. The molecule has 0 aromatic carbocycles. The Balaban J connectivity index is 4.54. The first-order valence-corrected chi connectivity index (χ1v) is 42.8. The summed E-state index contributed by atoms with van der Waals surface area (Å²) in [7, 11) is -9.81. The van der Waals surface area contributed by atoms with E-state index < -0.39 is 91.5 Å². The molecule has 18 heteroatoms. The highest BCUT2D eigenvalue weighted by atomic mass is 31.2. The molecular formula is C85H142O16P2. The van der Waals surface area contributed by atoms with Gasteiger partial charge in [0.25, 0.3) is 0 Å². The van der Waals surface area contributed by atoms with Crippen LogP contribution >= 0.6 is 15.6 Å². The molecule has 0 spiro atoms. The molecule has 0 aromatic heterocycles. The molecule has 0 aliphatic heterocycles. The summed E-state index contributed by atoms with van der Waals surface area (Å²) in [4.78, 5) is 58.7. The van der Waals surface area contributed by atoms with Crippen molar-refractivity contribution in [2.75, 3.05) is 39.6 Å². The molecule has 0 aliphatic carbocycles. The number of hydrogen-bond acceptors (Lipinski definition) is 14. The maximum Gasteiger partial charge on any atom is 0.472 e. The van der Waals surface area contributed by atoms with Crippen molar-refractivity contribution in [2.45, 2.75) is 322 Å². The van der Waals surface area contributed by atoms with Crippen LogP contribution in [0.2, 0.25) is 0 Å². The number of unbranched alkanes of at least 4 members (excludes halogenated alkanes) is 25. The highest BCUT2D eigenvalue weighted by molar-refractivity contribution is 7.47. The second-order valence-corrected chi connectivity index (χ2v) is 29.0. The molecule has 103 heavy (non-hydrogen) atoms. The summed E-state index contributed by atoms with van der Waals surface area (Å²) in [6, 6.07) is 0. The standard InChI is InChI=1S/C85H142O16P2/c1-4-7-10-13-16-19-22-25-28-31-33-34-35-36-37-38-39-40-41-42-43-44-46-49-50-53-56-59-62-65-68-71-83(88)95-74-80(86)75-97-102(91,92)98-76-81(87)77-99-103(93,94)100-79-82(101-85(90)73-70-67-64-61-58-55-52-47-30-27-24-21-18-15-12-9-6-3)78-96-84(89)72-69-66-63-60-57-54-51-48-45-32-29-26-23-20-17-14-11-8-5-2/h7-12,16-21,25-30,33-34,36-37,45,48,54,57,80-82,86-87H,4-6,13-15,22-24,31-32,35,38-44,46-47,49-53,55-56,58-79H2,1-3H3,(H,91,92)(H,93,94)/b10-7-,11-8-,12-9-,19-16-,20-17-,21-18-,28-25-,29-26-,30-27-,34-33-,37-36-,48-45-,57-54-. The van der Waals surface area contributed by atoms with Crippen LogP contribution in [-0.2, 0) is 55.8 Å². The Morgan fingerprint density at radius 3 is 0.777 bits per heavy atom. The lowest BCUT2D eigenvalue weighted by atomic mass is 10.0. The Morgan fingerprint density at radius 2 is 0.485 bits per heavy atom. The maximum atomic E-state index is 13.0. The van der Waals surface area contributed by atoms with Crippen molar-refractivity contribution < 1.29 is 75.8 Å². The average molecular weight is 1480 g/mol. The lowest BCUT2D eigenvalue weighted by molar-refractivity contribution is -0.161. The van der Waals surface area contributed by atoms with Crippen LogP contribution in [0.5, 0.6) is 0 Å². The number of aliphatic hydroxyl groups is 2. The fraction of sp³-hybridized carbons (Fsp3) is 0.659. The van der Waals surface area contributed by atoms with Crippen molar-refractivity contribution in [3.8, 4) is 0 Å². The molecule has 0 amide bonds. The van der Waals surface area contributed by atoms with Crippen molar-refractivity contribution in [3.63, 3.8) is 0 Å². The van der Waals surface area contributed by atoms with Gasteiger partial charge in [-0.3, -0.25) is 32.5 Å². The number of carbonyl (C=O) groups excluding carboxylic acids is 3. The third kappa shape index (κ3) is 78.1. The van der Waals surface area contributed by atoms with Crippen molar-refractivity contribution in [3.05, 3.63) is 158 Å². The quantitative estimate of drug-likeness (QED) is 0.0146. The Labute approximate surface area is 625 Å². The molecule has 4 N–H and O–H groups in total. The number of phosphoric acid groups is 2. The molecule has 0 saturated carbocycles.